The zero-order valence-electron chi connectivity index (χ0n) is 15.9. The van der Waals surface area contributed by atoms with E-state index in [2.05, 4.69) is 16.8 Å². The van der Waals surface area contributed by atoms with Crippen molar-refractivity contribution in [3.8, 4) is 5.75 Å². The zero-order valence-corrected chi connectivity index (χ0v) is 17.5. The molecule has 7 heteroatoms. The second-order valence-electron chi connectivity index (χ2n) is 7.65. The summed E-state index contributed by atoms with van der Waals surface area (Å²) < 4.78 is 19.2. The van der Waals surface area contributed by atoms with E-state index in [-0.39, 0.29) is 35.6 Å². The number of amides is 1. The van der Waals surface area contributed by atoms with Crippen molar-refractivity contribution in [2.75, 3.05) is 13.1 Å². The molecule has 0 radical (unpaired) electrons. The number of piperidine rings is 1. The summed E-state index contributed by atoms with van der Waals surface area (Å²) in [6.45, 7) is 4.41. The van der Waals surface area contributed by atoms with Gasteiger partial charge in [-0.15, -0.1) is 12.4 Å². The number of nitrogens with zero attached hydrogens (tertiary/aromatic N) is 1. The van der Waals surface area contributed by atoms with E-state index in [0.29, 0.717) is 12.3 Å². The third kappa shape index (κ3) is 4.50. The van der Waals surface area contributed by atoms with Crippen LogP contribution in [0.15, 0.2) is 41.1 Å². The average molecular weight is 425 g/mol. The predicted octanol–water partition coefficient (Wildman–Crippen LogP) is 4.25. The highest BCUT2D eigenvalue weighted by atomic mass is 35.5. The number of rotatable bonds is 6. The second kappa shape index (κ2) is 8.80. The van der Waals surface area contributed by atoms with E-state index >= 15 is 0 Å². The standard InChI is InChI=1S/C21H25FN2O2S.ClH/c1-15(26-18-4-2-3-17(22)11-18)20(25)24(13-16-5-10-27-14-16)19-12-21(19)6-8-23-9-7-21;/h2-5,10-11,14-15,19,23H,6-9,12-13H2,1H3;1H. The molecule has 1 saturated heterocycles. The van der Waals surface area contributed by atoms with Crippen LogP contribution in [0.4, 0.5) is 4.39 Å². The lowest BCUT2D eigenvalue weighted by atomic mass is 9.93. The molecule has 4 rings (SSSR count). The lowest BCUT2D eigenvalue weighted by molar-refractivity contribution is -0.140. The summed E-state index contributed by atoms with van der Waals surface area (Å²) in [5, 5.41) is 7.55. The van der Waals surface area contributed by atoms with Crippen LogP contribution in [-0.4, -0.2) is 36.0 Å². The van der Waals surface area contributed by atoms with E-state index in [1.807, 2.05) is 10.3 Å². The first-order chi connectivity index (χ1) is 13.1. The van der Waals surface area contributed by atoms with Crippen molar-refractivity contribution in [2.24, 2.45) is 5.41 Å². The van der Waals surface area contributed by atoms with Gasteiger partial charge in [0.25, 0.3) is 5.91 Å². The number of hydrogen-bond acceptors (Lipinski definition) is 4. The minimum Gasteiger partial charge on any atom is -0.481 e. The van der Waals surface area contributed by atoms with Crippen LogP contribution in [0, 0.1) is 11.2 Å². The van der Waals surface area contributed by atoms with Gasteiger partial charge in [-0.25, -0.2) is 4.39 Å². The Morgan fingerprint density at radius 2 is 2.18 bits per heavy atom. The number of carbonyl (C=O) groups is 1. The van der Waals surface area contributed by atoms with Gasteiger partial charge in [-0.1, -0.05) is 6.07 Å². The smallest absolute Gasteiger partial charge is 0.263 e. The number of thiophene rings is 1. The highest BCUT2D eigenvalue weighted by Crippen LogP contribution is 2.56. The lowest BCUT2D eigenvalue weighted by Gasteiger charge is -2.31. The Morgan fingerprint density at radius 1 is 1.39 bits per heavy atom. The van der Waals surface area contributed by atoms with E-state index in [4.69, 9.17) is 4.74 Å². The SMILES string of the molecule is CC(Oc1cccc(F)c1)C(=O)N(Cc1ccsc1)C1CC12CCNCC2.Cl. The molecule has 2 unspecified atom stereocenters. The molecule has 2 atom stereocenters. The highest BCUT2D eigenvalue weighted by molar-refractivity contribution is 7.07. The Labute approximate surface area is 175 Å². The van der Waals surface area contributed by atoms with Crippen LogP contribution in [-0.2, 0) is 11.3 Å². The molecule has 2 aliphatic rings. The summed E-state index contributed by atoms with van der Waals surface area (Å²) in [6, 6.07) is 8.30. The van der Waals surface area contributed by atoms with Gasteiger partial charge in [0.2, 0.25) is 0 Å². The molecule has 2 aromatic rings. The molecule has 4 nitrogen and oxygen atoms in total. The third-order valence-corrected chi connectivity index (χ3v) is 6.53. The lowest BCUT2D eigenvalue weighted by Crippen LogP contribution is -2.44. The summed E-state index contributed by atoms with van der Waals surface area (Å²) in [7, 11) is 0. The fourth-order valence-corrected chi connectivity index (χ4v) is 4.84. The molecule has 1 aromatic heterocycles. The Morgan fingerprint density at radius 3 is 2.86 bits per heavy atom. The fraction of sp³-hybridized carbons (Fsp3) is 0.476. The minimum absolute atomic E-state index is 0. The molecular weight excluding hydrogens is 399 g/mol. The quantitative estimate of drug-likeness (QED) is 0.753. The van der Waals surface area contributed by atoms with Crippen LogP contribution in [0.5, 0.6) is 5.75 Å². The Bertz CT molecular complexity index is 795. The summed E-state index contributed by atoms with van der Waals surface area (Å²) in [6.07, 6.45) is 2.65. The normalized spacial score (nSPS) is 20.9. The number of nitrogens with one attached hydrogen (secondary N) is 1. The number of ether oxygens (including phenoxy) is 1. The topological polar surface area (TPSA) is 41.6 Å². The van der Waals surface area contributed by atoms with Crippen molar-refractivity contribution in [1.82, 2.24) is 10.2 Å². The molecule has 2 heterocycles. The predicted molar refractivity (Wildman–Crippen MR) is 112 cm³/mol. The van der Waals surface area contributed by atoms with Crippen molar-refractivity contribution >= 4 is 29.7 Å². The first kappa shape index (κ1) is 21.1. The van der Waals surface area contributed by atoms with Crippen molar-refractivity contribution in [3.05, 3.63) is 52.5 Å². The largest absolute Gasteiger partial charge is 0.481 e. The molecule has 28 heavy (non-hydrogen) atoms. The van der Waals surface area contributed by atoms with Crippen molar-refractivity contribution < 1.29 is 13.9 Å². The van der Waals surface area contributed by atoms with Crippen molar-refractivity contribution in [2.45, 2.75) is 44.9 Å². The molecule has 1 aliphatic carbocycles. The number of carbonyl (C=O) groups excluding carboxylic acids is 1. The van der Waals surface area contributed by atoms with Gasteiger partial charge in [-0.2, -0.15) is 11.3 Å². The van der Waals surface area contributed by atoms with Gasteiger partial charge < -0.3 is 15.0 Å². The fourth-order valence-electron chi connectivity index (χ4n) is 4.18. The first-order valence-electron chi connectivity index (χ1n) is 9.52. The zero-order chi connectivity index (χ0) is 18.9. The van der Waals surface area contributed by atoms with Gasteiger partial charge in [0.15, 0.2) is 6.10 Å². The number of hydrogen-bond donors (Lipinski definition) is 1. The maximum Gasteiger partial charge on any atom is 0.263 e. The first-order valence-corrected chi connectivity index (χ1v) is 10.5. The summed E-state index contributed by atoms with van der Waals surface area (Å²) >= 11 is 1.64. The monoisotopic (exact) mass is 424 g/mol. The van der Waals surface area contributed by atoms with Crippen LogP contribution in [0.2, 0.25) is 0 Å². The molecule has 1 saturated carbocycles. The molecule has 0 bridgehead atoms. The van der Waals surface area contributed by atoms with Crippen molar-refractivity contribution in [1.29, 1.82) is 0 Å². The van der Waals surface area contributed by atoms with E-state index in [0.717, 1.165) is 37.9 Å². The molecule has 152 valence electrons. The van der Waals surface area contributed by atoms with Crippen LogP contribution in [0.1, 0.15) is 31.7 Å². The second-order valence-corrected chi connectivity index (χ2v) is 8.43. The Balaban J connectivity index is 0.00000225. The maximum atomic E-state index is 13.4. The summed E-state index contributed by atoms with van der Waals surface area (Å²) in [5.41, 5.74) is 1.41. The number of halogens is 2. The maximum absolute atomic E-state index is 13.4. The van der Waals surface area contributed by atoms with Gasteiger partial charge in [0.1, 0.15) is 11.6 Å². The third-order valence-electron chi connectivity index (χ3n) is 5.79. The van der Waals surface area contributed by atoms with E-state index in [1.54, 1.807) is 30.4 Å². The number of benzene rings is 1. The summed E-state index contributed by atoms with van der Waals surface area (Å²) in [4.78, 5) is 15.3. The van der Waals surface area contributed by atoms with Gasteiger partial charge in [0, 0.05) is 18.7 Å². The van der Waals surface area contributed by atoms with E-state index < -0.39 is 6.10 Å². The molecule has 1 spiro atoms. The van der Waals surface area contributed by atoms with Crippen molar-refractivity contribution in [3.63, 3.8) is 0 Å². The molecule has 2 fully saturated rings. The highest BCUT2D eigenvalue weighted by Gasteiger charge is 2.58. The molecular formula is C21H26ClFN2O2S. The Hall–Kier alpha value is -1.63. The van der Waals surface area contributed by atoms with Crippen LogP contribution in [0.3, 0.4) is 0 Å². The Kier molecular flexibility index (Phi) is 6.63. The molecule has 1 amide bonds. The van der Waals surface area contributed by atoms with E-state index in [9.17, 15) is 9.18 Å². The minimum atomic E-state index is -0.648. The molecule has 1 aliphatic heterocycles. The van der Waals surface area contributed by atoms with Gasteiger partial charge in [-0.3, -0.25) is 4.79 Å². The van der Waals surface area contributed by atoms with Gasteiger partial charge in [-0.05, 0) is 79.2 Å². The van der Waals surface area contributed by atoms with Crippen LogP contribution >= 0.6 is 23.7 Å². The van der Waals surface area contributed by atoms with Gasteiger partial charge >= 0.3 is 0 Å². The van der Waals surface area contributed by atoms with Gasteiger partial charge in [0.05, 0.1) is 0 Å². The average Bonchev–Trinajstić information content (AvgIpc) is 3.09. The van der Waals surface area contributed by atoms with Crippen LogP contribution < -0.4 is 10.1 Å². The molecule has 1 N–H and O–H groups in total. The van der Waals surface area contributed by atoms with Crippen LogP contribution in [0.25, 0.3) is 0 Å². The summed E-state index contributed by atoms with van der Waals surface area (Å²) in [5.74, 6) is 0.00251. The van der Waals surface area contributed by atoms with E-state index in [1.165, 1.54) is 12.1 Å². The molecule has 1 aromatic carbocycles.